The highest BCUT2D eigenvalue weighted by molar-refractivity contribution is 5.98. The van der Waals surface area contributed by atoms with E-state index in [0.717, 1.165) is 18.9 Å². The minimum Gasteiger partial charge on any atom is -0.477 e. The van der Waals surface area contributed by atoms with Crippen LogP contribution in [0, 0.1) is 0 Å². The number of carbonyl (C=O) groups excluding carboxylic acids is 2. The molecule has 4 rings (SSSR count). The Balaban J connectivity index is 1.52. The predicted octanol–water partition coefficient (Wildman–Crippen LogP) is -0.0218. The van der Waals surface area contributed by atoms with Crippen LogP contribution in [0.4, 0.5) is 5.69 Å². The topological polar surface area (TPSA) is 93.7 Å². The van der Waals surface area contributed by atoms with Crippen molar-refractivity contribution in [3.63, 3.8) is 0 Å². The summed E-state index contributed by atoms with van der Waals surface area (Å²) in [6.07, 6.45) is 2.89. The second-order valence-electron chi connectivity index (χ2n) is 6.23. The average molecular weight is 341 g/mol. The van der Waals surface area contributed by atoms with E-state index in [1.807, 2.05) is 18.3 Å². The number of fused-ring (bicyclic) bond motifs is 2. The maximum Gasteiger partial charge on any atom is 0.260 e. The molecule has 0 spiro atoms. The maximum absolute atomic E-state index is 12.9. The molecule has 0 bridgehead atoms. The van der Waals surface area contributed by atoms with Gasteiger partial charge in [0, 0.05) is 25.5 Å². The summed E-state index contributed by atoms with van der Waals surface area (Å²) in [5, 5.41) is 0. The quantitative estimate of drug-likeness (QED) is 0.847. The van der Waals surface area contributed by atoms with E-state index in [0.29, 0.717) is 18.0 Å². The molecule has 1 aromatic carbocycles. The van der Waals surface area contributed by atoms with E-state index in [-0.39, 0.29) is 19.0 Å². The SMILES string of the molecule is NC(=O)[C@@H]1CN(C(=O)CN2CCn3ccnc3C2)c2ccccc2O1. The van der Waals surface area contributed by atoms with Crippen molar-refractivity contribution in [1.82, 2.24) is 14.5 Å². The molecule has 2 N–H and O–H groups in total. The number of aromatic nitrogens is 2. The monoisotopic (exact) mass is 341 g/mol. The van der Waals surface area contributed by atoms with Gasteiger partial charge in [-0.1, -0.05) is 12.1 Å². The molecule has 1 aromatic heterocycles. The number of rotatable bonds is 3. The molecule has 8 nitrogen and oxygen atoms in total. The average Bonchev–Trinajstić information content (AvgIpc) is 3.08. The maximum atomic E-state index is 12.9. The number of carbonyl (C=O) groups is 2. The third-order valence-electron chi connectivity index (χ3n) is 4.57. The lowest BCUT2D eigenvalue weighted by atomic mass is 10.1. The molecule has 0 saturated heterocycles. The Hall–Kier alpha value is -2.87. The Bertz CT molecular complexity index is 818. The summed E-state index contributed by atoms with van der Waals surface area (Å²) >= 11 is 0. The van der Waals surface area contributed by atoms with E-state index >= 15 is 0 Å². The number of primary amides is 1. The summed E-state index contributed by atoms with van der Waals surface area (Å²) in [6, 6.07) is 7.19. The summed E-state index contributed by atoms with van der Waals surface area (Å²) < 4.78 is 7.70. The third-order valence-corrected chi connectivity index (χ3v) is 4.57. The van der Waals surface area contributed by atoms with Crippen LogP contribution in [0.2, 0.25) is 0 Å². The van der Waals surface area contributed by atoms with Crippen LogP contribution < -0.4 is 15.4 Å². The molecular formula is C17H19N5O3. The Labute approximate surface area is 144 Å². The fourth-order valence-electron chi connectivity index (χ4n) is 3.25. The summed E-state index contributed by atoms with van der Waals surface area (Å²) in [7, 11) is 0. The molecular weight excluding hydrogens is 322 g/mol. The fraction of sp³-hybridized carbons (Fsp3) is 0.353. The highest BCUT2D eigenvalue weighted by atomic mass is 16.5. The third kappa shape index (κ3) is 2.96. The van der Waals surface area contributed by atoms with Gasteiger partial charge in [-0.05, 0) is 12.1 Å². The molecule has 2 aromatic rings. The second kappa shape index (κ2) is 6.21. The number of ether oxygens (including phenoxy) is 1. The zero-order valence-electron chi connectivity index (χ0n) is 13.7. The molecule has 130 valence electrons. The standard InChI is InChI=1S/C17H19N5O3/c18-17(24)14-9-22(12-3-1-2-4-13(12)25-14)16(23)11-20-7-8-21-6-5-19-15(21)10-20/h1-6,14H,7-11H2,(H2,18,24)/t14-/m0/s1. The van der Waals surface area contributed by atoms with Crippen LogP contribution in [-0.4, -0.2) is 52.0 Å². The van der Waals surface area contributed by atoms with Crippen molar-refractivity contribution in [2.75, 3.05) is 24.5 Å². The van der Waals surface area contributed by atoms with Crippen LogP contribution in [0.3, 0.4) is 0 Å². The number of hydrogen-bond acceptors (Lipinski definition) is 5. The summed E-state index contributed by atoms with van der Waals surface area (Å²) in [5.74, 6) is 0.797. The normalized spacial score (nSPS) is 19.7. The molecule has 1 atom stereocenters. The lowest BCUT2D eigenvalue weighted by Gasteiger charge is -2.35. The number of hydrogen-bond donors (Lipinski definition) is 1. The zero-order chi connectivity index (χ0) is 17.4. The van der Waals surface area contributed by atoms with Gasteiger partial charge in [0.1, 0.15) is 11.6 Å². The van der Waals surface area contributed by atoms with Gasteiger partial charge < -0.3 is 19.9 Å². The fourth-order valence-corrected chi connectivity index (χ4v) is 3.25. The van der Waals surface area contributed by atoms with Gasteiger partial charge in [-0.3, -0.25) is 14.5 Å². The molecule has 0 unspecified atom stereocenters. The molecule has 3 heterocycles. The summed E-state index contributed by atoms with van der Waals surface area (Å²) in [6.45, 7) is 2.61. The van der Waals surface area contributed by atoms with Gasteiger partial charge in [-0.2, -0.15) is 0 Å². The smallest absolute Gasteiger partial charge is 0.260 e. The lowest BCUT2D eigenvalue weighted by molar-refractivity contribution is -0.125. The van der Waals surface area contributed by atoms with Crippen molar-refractivity contribution in [1.29, 1.82) is 0 Å². The second-order valence-corrected chi connectivity index (χ2v) is 6.23. The van der Waals surface area contributed by atoms with Crippen LogP contribution in [0.15, 0.2) is 36.7 Å². The van der Waals surface area contributed by atoms with Crippen molar-refractivity contribution < 1.29 is 14.3 Å². The van der Waals surface area contributed by atoms with E-state index < -0.39 is 12.0 Å². The van der Waals surface area contributed by atoms with Gasteiger partial charge in [0.2, 0.25) is 5.91 Å². The van der Waals surface area contributed by atoms with Crippen LogP contribution in [0.1, 0.15) is 5.82 Å². The van der Waals surface area contributed by atoms with Gasteiger partial charge in [0.05, 0.1) is 25.3 Å². The first-order chi connectivity index (χ1) is 12.1. The molecule has 2 amide bonds. The van der Waals surface area contributed by atoms with Crippen LogP contribution >= 0.6 is 0 Å². The Morgan fingerprint density at radius 2 is 2.12 bits per heavy atom. The molecule has 0 saturated carbocycles. The summed E-state index contributed by atoms with van der Waals surface area (Å²) in [5.41, 5.74) is 6.06. The highest BCUT2D eigenvalue weighted by Crippen LogP contribution is 2.33. The van der Waals surface area contributed by atoms with Crippen molar-refractivity contribution >= 4 is 17.5 Å². The largest absolute Gasteiger partial charge is 0.477 e. The number of imidazole rings is 1. The molecule has 0 radical (unpaired) electrons. The van der Waals surface area contributed by atoms with Crippen molar-refractivity contribution in [2.45, 2.75) is 19.2 Å². The van der Waals surface area contributed by atoms with E-state index in [1.54, 1.807) is 23.2 Å². The van der Waals surface area contributed by atoms with Gasteiger partial charge in [0.15, 0.2) is 6.10 Å². The molecule has 0 aliphatic carbocycles. The zero-order valence-corrected chi connectivity index (χ0v) is 13.7. The van der Waals surface area contributed by atoms with Gasteiger partial charge in [-0.15, -0.1) is 0 Å². The first-order valence-corrected chi connectivity index (χ1v) is 8.19. The van der Waals surface area contributed by atoms with Crippen molar-refractivity contribution in [2.24, 2.45) is 5.73 Å². The van der Waals surface area contributed by atoms with Gasteiger partial charge in [0.25, 0.3) is 5.91 Å². The molecule has 2 aliphatic heterocycles. The van der Waals surface area contributed by atoms with E-state index in [4.69, 9.17) is 10.5 Å². The van der Waals surface area contributed by atoms with Gasteiger partial charge in [-0.25, -0.2) is 4.98 Å². The number of nitrogens with zero attached hydrogens (tertiary/aromatic N) is 4. The Morgan fingerprint density at radius 1 is 1.28 bits per heavy atom. The predicted molar refractivity (Wildman–Crippen MR) is 89.9 cm³/mol. The van der Waals surface area contributed by atoms with Crippen molar-refractivity contribution in [3.05, 3.63) is 42.5 Å². The lowest BCUT2D eigenvalue weighted by Crippen LogP contribution is -2.52. The Morgan fingerprint density at radius 3 is 2.96 bits per heavy atom. The van der Waals surface area contributed by atoms with E-state index in [1.165, 1.54) is 0 Å². The Kier molecular flexibility index (Phi) is 3.89. The summed E-state index contributed by atoms with van der Waals surface area (Å²) in [4.78, 5) is 32.4. The number of benzene rings is 1. The molecule has 25 heavy (non-hydrogen) atoms. The number of nitrogens with two attached hydrogens (primary N) is 1. The van der Waals surface area contributed by atoms with Gasteiger partial charge >= 0.3 is 0 Å². The van der Waals surface area contributed by atoms with Crippen LogP contribution in [0.25, 0.3) is 0 Å². The molecule has 2 aliphatic rings. The highest BCUT2D eigenvalue weighted by Gasteiger charge is 2.33. The van der Waals surface area contributed by atoms with E-state index in [2.05, 4.69) is 14.5 Å². The minimum atomic E-state index is -0.834. The number of anilines is 1. The van der Waals surface area contributed by atoms with E-state index in [9.17, 15) is 9.59 Å². The van der Waals surface area contributed by atoms with Crippen LogP contribution in [-0.2, 0) is 22.7 Å². The minimum absolute atomic E-state index is 0.0815. The first kappa shape index (κ1) is 15.6. The first-order valence-electron chi connectivity index (χ1n) is 8.19. The van der Waals surface area contributed by atoms with Crippen LogP contribution in [0.5, 0.6) is 5.75 Å². The number of para-hydroxylation sites is 2. The molecule has 0 fully saturated rings. The van der Waals surface area contributed by atoms with Crippen molar-refractivity contribution in [3.8, 4) is 5.75 Å². The molecule has 8 heteroatoms. The number of amides is 2.